The number of rotatable bonds is 2. The quantitative estimate of drug-likeness (QED) is 0.485. The summed E-state index contributed by atoms with van der Waals surface area (Å²) in [7, 11) is 0. The fourth-order valence-corrected chi connectivity index (χ4v) is 1.69. The lowest BCUT2D eigenvalue weighted by Gasteiger charge is -2.27. The van der Waals surface area contributed by atoms with Gasteiger partial charge in [0.05, 0.1) is 6.04 Å². The number of hydrogen-bond donors (Lipinski definition) is 1. The molecule has 0 aliphatic carbocycles. The van der Waals surface area contributed by atoms with Crippen molar-refractivity contribution in [2.45, 2.75) is 44.7 Å². The number of nitrogens with one attached hydrogen (secondary N) is 1. The molecule has 1 nitrogen and oxygen atoms in total. The molecule has 2 unspecified atom stereocenters. The third kappa shape index (κ3) is 2.71. The Hall–Kier alpha value is -0.740. The Morgan fingerprint density at radius 3 is 3.08 bits per heavy atom. The van der Waals surface area contributed by atoms with Gasteiger partial charge in [-0.3, -0.25) is 0 Å². The van der Waals surface area contributed by atoms with Crippen molar-refractivity contribution >= 4 is 0 Å². The molecule has 0 radical (unpaired) electrons. The van der Waals surface area contributed by atoms with Gasteiger partial charge in [-0.05, 0) is 32.6 Å². The Morgan fingerprint density at radius 1 is 1.58 bits per heavy atom. The van der Waals surface area contributed by atoms with Crippen LogP contribution in [-0.4, -0.2) is 12.1 Å². The Labute approximate surface area is 75.2 Å². The van der Waals surface area contributed by atoms with Gasteiger partial charge in [-0.2, -0.15) is 0 Å². The number of piperidine rings is 1. The molecule has 0 amide bonds. The first-order valence-corrected chi connectivity index (χ1v) is 4.66. The lowest BCUT2D eigenvalue weighted by Crippen LogP contribution is -2.41. The largest absolute Gasteiger partial charge is 0.301 e. The summed E-state index contributed by atoms with van der Waals surface area (Å²) in [4.78, 5) is 0. The third-order valence-electron chi connectivity index (χ3n) is 2.25. The monoisotopic (exact) mass is 163 g/mol. The Bertz CT molecular complexity index is 197. The van der Waals surface area contributed by atoms with Crippen LogP contribution in [0.1, 0.15) is 32.6 Å². The zero-order valence-corrected chi connectivity index (χ0v) is 7.77. The minimum absolute atomic E-state index is 0.425. The van der Waals surface area contributed by atoms with E-state index in [0.717, 1.165) is 6.42 Å². The molecule has 1 fully saturated rings. The molecular weight excluding hydrogens is 146 g/mol. The molecule has 0 spiro atoms. The van der Waals surface area contributed by atoms with Crippen molar-refractivity contribution in [1.82, 2.24) is 5.32 Å². The molecular formula is C11H17N. The minimum Gasteiger partial charge on any atom is -0.301 e. The van der Waals surface area contributed by atoms with E-state index in [0.29, 0.717) is 12.1 Å². The van der Waals surface area contributed by atoms with Crippen molar-refractivity contribution in [3.63, 3.8) is 0 Å². The maximum Gasteiger partial charge on any atom is 0.0691 e. The standard InChI is InChI=1S/C11H17N/c1-3-6-10-8-5-9-11(12-10)7-4-2/h3,10-12H,1,5-6,8-9H2,2H3. The fraction of sp³-hybridized carbons (Fsp3) is 0.636. The molecule has 0 aromatic heterocycles. The first-order valence-electron chi connectivity index (χ1n) is 4.66. The van der Waals surface area contributed by atoms with Gasteiger partial charge in [-0.1, -0.05) is 12.0 Å². The van der Waals surface area contributed by atoms with Crippen LogP contribution in [0.4, 0.5) is 0 Å². The van der Waals surface area contributed by atoms with Crippen molar-refractivity contribution in [3.05, 3.63) is 12.7 Å². The first kappa shape index (κ1) is 9.35. The van der Waals surface area contributed by atoms with E-state index < -0.39 is 0 Å². The molecule has 0 aromatic carbocycles. The Morgan fingerprint density at radius 2 is 2.42 bits per heavy atom. The molecule has 0 saturated carbocycles. The summed E-state index contributed by atoms with van der Waals surface area (Å²) in [5, 5.41) is 3.51. The normalized spacial score (nSPS) is 28.8. The molecule has 12 heavy (non-hydrogen) atoms. The van der Waals surface area contributed by atoms with Crippen molar-refractivity contribution in [2.75, 3.05) is 0 Å². The molecule has 66 valence electrons. The van der Waals surface area contributed by atoms with Crippen LogP contribution < -0.4 is 5.32 Å². The molecule has 2 atom stereocenters. The van der Waals surface area contributed by atoms with E-state index in [1.54, 1.807) is 0 Å². The van der Waals surface area contributed by atoms with E-state index in [1.807, 2.05) is 13.0 Å². The highest BCUT2D eigenvalue weighted by molar-refractivity contribution is 5.07. The highest BCUT2D eigenvalue weighted by Crippen LogP contribution is 2.14. The smallest absolute Gasteiger partial charge is 0.0691 e. The molecule has 1 saturated heterocycles. The van der Waals surface area contributed by atoms with Crippen LogP contribution in [0.3, 0.4) is 0 Å². The van der Waals surface area contributed by atoms with Gasteiger partial charge in [0.25, 0.3) is 0 Å². The van der Waals surface area contributed by atoms with Crippen molar-refractivity contribution in [1.29, 1.82) is 0 Å². The van der Waals surface area contributed by atoms with Crippen molar-refractivity contribution in [2.24, 2.45) is 0 Å². The van der Waals surface area contributed by atoms with Gasteiger partial charge in [0.2, 0.25) is 0 Å². The summed E-state index contributed by atoms with van der Waals surface area (Å²) in [5.74, 6) is 6.14. The van der Waals surface area contributed by atoms with Crippen LogP contribution in [0, 0.1) is 11.8 Å². The molecule has 1 heteroatoms. The lowest BCUT2D eigenvalue weighted by atomic mass is 9.97. The van der Waals surface area contributed by atoms with Crippen molar-refractivity contribution in [3.8, 4) is 11.8 Å². The summed E-state index contributed by atoms with van der Waals surface area (Å²) < 4.78 is 0. The lowest BCUT2D eigenvalue weighted by molar-refractivity contribution is 0.364. The predicted octanol–water partition coefficient (Wildman–Crippen LogP) is 2.10. The van der Waals surface area contributed by atoms with Gasteiger partial charge < -0.3 is 5.32 Å². The van der Waals surface area contributed by atoms with Crippen molar-refractivity contribution < 1.29 is 0 Å². The second kappa shape index (κ2) is 5.00. The SMILES string of the molecule is C=CCC1CCCC(C#CC)N1. The molecule has 1 rings (SSSR count). The van der Waals surface area contributed by atoms with E-state index in [2.05, 4.69) is 23.7 Å². The molecule has 1 aliphatic heterocycles. The van der Waals surface area contributed by atoms with Gasteiger partial charge in [-0.15, -0.1) is 12.5 Å². The minimum atomic E-state index is 0.425. The zero-order chi connectivity index (χ0) is 8.81. The topological polar surface area (TPSA) is 12.0 Å². The van der Waals surface area contributed by atoms with E-state index in [1.165, 1.54) is 19.3 Å². The van der Waals surface area contributed by atoms with Gasteiger partial charge in [0.15, 0.2) is 0 Å². The van der Waals surface area contributed by atoms with Crippen LogP contribution in [-0.2, 0) is 0 Å². The van der Waals surface area contributed by atoms with Crippen LogP contribution in [0.25, 0.3) is 0 Å². The summed E-state index contributed by atoms with van der Waals surface area (Å²) in [6.07, 6.45) is 6.83. The molecule has 1 aliphatic rings. The fourth-order valence-electron chi connectivity index (χ4n) is 1.69. The zero-order valence-electron chi connectivity index (χ0n) is 7.77. The average Bonchev–Trinajstić information content (AvgIpc) is 2.06. The third-order valence-corrected chi connectivity index (χ3v) is 2.25. The Kier molecular flexibility index (Phi) is 3.90. The van der Waals surface area contributed by atoms with Crippen LogP contribution in [0.5, 0.6) is 0 Å². The van der Waals surface area contributed by atoms with E-state index in [-0.39, 0.29) is 0 Å². The molecule has 1 heterocycles. The summed E-state index contributed by atoms with van der Waals surface area (Å²) >= 11 is 0. The van der Waals surface area contributed by atoms with Gasteiger partial charge >= 0.3 is 0 Å². The highest BCUT2D eigenvalue weighted by Gasteiger charge is 2.17. The van der Waals surface area contributed by atoms with Gasteiger partial charge in [-0.25, -0.2) is 0 Å². The molecule has 0 aromatic rings. The number of hydrogen-bond acceptors (Lipinski definition) is 1. The van der Waals surface area contributed by atoms with Crippen LogP contribution >= 0.6 is 0 Å². The summed E-state index contributed by atoms with van der Waals surface area (Å²) in [6.45, 7) is 5.65. The second-order valence-electron chi connectivity index (χ2n) is 3.27. The summed E-state index contributed by atoms with van der Waals surface area (Å²) in [6, 6.07) is 1.04. The van der Waals surface area contributed by atoms with E-state index in [9.17, 15) is 0 Å². The van der Waals surface area contributed by atoms with Gasteiger partial charge in [0.1, 0.15) is 0 Å². The molecule has 1 N–H and O–H groups in total. The summed E-state index contributed by atoms with van der Waals surface area (Å²) in [5.41, 5.74) is 0. The second-order valence-corrected chi connectivity index (χ2v) is 3.27. The maximum absolute atomic E-state index is 3.75. The van der Waals surface area contributed by atoms with E-state index >= 15 is 0 Å². The van der Waals surface area contributed by atoms with Crippen LogP contribution in [0.2, 0.25) is 0 Å². The molecule has 0 bridgehead atoms. The first-order chi connectivity index (χ1) is 5.86. The van der Waals surface area contributed by atoms with Gasteiger partial charge in [0, 0.05) is 6.04 Å². The Balaban J connectivity index is 2.38. The average molecular weight is 163 g/mol. The predicted molar refractivity (Wildman–Crippen MR) is 52.8 cm³/mol. The highest BCUT2D eigenvalue weighted by atomic mass is 15.0. The van der Waals surface area contributed by atoms with E-state index in [4.69, 9.17) is 0 Å². The van der Waals surface area contributed by atoms with Crippen LogP contribution in [0.15, 0.2) is 12.7 Å². The maximum atomic E-state index is 3.75.